The van der Waals surface area contributed by atoms with Crippen molar-refractivity contribution in [1.82, 2.24) is 24.6 Å². The molecule has 1 fully saturated rings. The average molecular weight is 349 g/mol. The van der Waals surface area contributed by atoms with E-state index in [-0.39, 0.29) is 11.9 Å². The lowest BCUT2D eigenvalue weighted by molar-refractivity contribution is -0.128. The standard InChI is InChI=1S/C18H19N7O/c19-15-16(20-12-21-17(15)25-9-4-8-22-25)23-14-7-10-24(18(14)26)11-13-5-2-1-3-6-13/h1-6,8-9,12,14H,7,10-11,19H2,(H,20,21,23)/t14-/m1/s1. The first kappa shape index (κ1) is 16.1. The number of nitrogens with zero attached hydrogens (tertiary/aromatic N) is 5. The SMILES string of the molecule is Nc1c(N[C@@H]2CCN(Cc3ccccc3)C2=O)ncnc1-n1cccn1. The number of hydrogen-bond acceptors (Lipinski definition) is 6. The van der Waals surface area contributed by atoms with Gasteiger partial charge in [0.1, 0.15) is 18.1 Å². The highest BCUT2D eigenvalue weighted by molar-refractivity contribution is 5.87. The third kappa shape index (κ3) is 3.08. The molecular weight excluding hydrogens is 330 g/mol. The van der Waals surface area contributed by atoms with E-state index in [9.17, 15) is 4.79 Å². The van der Waals surface area contributed by atoms with Crippen LogP contribution >= 0.6 is 0 Å². The van der Waals surface area contributed by atoms with Crippen LogP contribution in [0.4, 0.5) is 11.5 Å². The first-order valence-electron chi connectivity index (χ1n) is 8.42. The minimum Gasteiger partial charge on any atom is -0.393 e. The van der Waals surface area contributed by atoms with Crippen LogP contribution in [0.3, 0.4) is 0 Å². The van der Waals surface area contributed by atoms with E-state index >= 15 is 0 Å². The number of nitrogens with one attached hydrogen (secondary N) is 1. The fourth-order valence-electron chi connectivity index (χ4n) is 3.08. The third-order valence-corrected chi connectivity index (χ3v) is 4.41. The average Bonchev–Trinajstić information content (AvgIpc) is 3.30. The van der Waals surface area contributed by atoms with Crippen molar-refractivity contribution in [2.75, 3.05) is 17.6 Å². The Morgan fingerprint density at radius 3 is 2.81 bits per heavy atom. The van der Waals surface area contributed by atoms with Gasteiger partial charge < -0.3 is 16.0 Å². The van der Waals surface area contributed by atoms with Crippen LogP contribution in [-0.4, -0.2) is 43.1 Å². The Labute approximate surface area is 150 Å². The molecule has 1 aromatic carbocycles. The van der Waals surface area contributed by atoms with E-state index in [0.717, 1.165) is 5.56 Å². The molecule has 2 aromatic heterocycles. The van der Waals surface area contributed by atoms with Crippen LogP contribution in [0.1, 0.15) is 12.0 Å². The van der Waals surface area contributed by atoms with Gasteiger partial charge in [0.05, 0.1) is 0 Å². The summed E-state index contributed by atoms with van der Waals surface area (Å²) in [5, 5.41) is 7.31. The molecule has 0 unspecified atom stereocenters. The molecule has 1 atom stereocenters. The molecule has 0 spiro atoms. The zero-order valence-corrected chi connectivity index (χ0v) is 14.1. The number of likely N-dealkylation sites (tertiary alicyclic amines) is 1. The summed E-state index contributed by atoms with van der Waals surface area (Å²) in [6, 6.07) is 11.4. The van der Waals surface area contributed by atoms with E-state index in [1.54, 1.807) is 23.1 Å². The van der Waals surface area contributed by atoms with Gasteiger partial charge in [0.15, 0.2) is 11.6 Å². The number of amides is 1. The van der Waals surface area contributed by atoms with E-state index in [1.165, 1.54) is 6.33 Å². The Bertz CT molecular complexity index is 895. The maximum atomic E-state index is 12.7. The lowest BCUT2D eigenvalue weighted by atomic mass is 10.2. The molecule has 3 aromatic rings. The highest BCUT2D eigenvalue weighted by Crippen LogP contribution is 2.24. The molecule has 0 aliphatic carbocycles. The Morgan fingerprint density at radius 2 is 2.04 bits per heavy atom. The van der Waals surface area contributed by atoms with Gasteiger partial charge in [-0.1, -0.05) is 30.3 Å². The molecule has 8 nitrogen and oxygen atoms in total. The zero-order valence-electron chi connectivity index (χ0n) is 14.1. The van der Waals surface area contributed by atoms with Gasteiger partial charge in [0, 0.05) is 25.5 Å². The number of benzene rings is 1. The van der Waals surface area contributed by atoms with Gasteiger partial charge in [-0.2, -0.15) is 5.10 Å². The van der Waals surface area contributed by atoms with Gasteiger partial charge in [0.2, 0.25) is 5.91 Å². The fraction of sp³-hybridized carbons (Fsp3) is 0.222. The Morgan fingerprint density at radius 1 is 1.19 bits per heavy atom. The molecule has 8 heteroatoms. The first-order chi connectivity index (χ1) is 12.7. The summed E-state index contributed by atoms with van der Waals surface area (Å²) in [6.45, 7) is 1.30. The van der Waals surface area contributed by atoms with Crippen molar-refractivity contribution in [3.8, 4) is 5.82 Å². The fourth-order valence-corrected chi connectivity index (χ4v) is 3.08. The van der Waals surface area contributed by atoms with Gasteiger partial charge in [0.25, 0.3) is 0 Å². The molecule has 0 bridgehead atoms. The number of nitrogen functional groups attached to an aromatic ring is 1. The van der Waals surface area contributed by atoms with Gasteiger partial charge in [-0.25, -0.2) is 14.6 Å². The second kappa shape index (κ2) is 6.83. The van der Waals surface area contributed by atoms with Crippen molar-refractivity contribution in [3.05, 3.63) is 60.7 Å². The minimum absolute atomic E-state index is 0.0486. The molecule has 1 amide bonds. The Kier molecular flexibility index (Phi) is 4.22. The van der Waals surface area contributed by atoms with Crippen LogP contribution in [0.15, 0.2) is 55.1 Å². The molecule has 3 N–H and O–H groups in total. The smallest absolute Gasteiger partial charge is 0.245 e. The summed E-state index contributed by atoms with van der Waals surface area (Å²) >= 11 is 0. The van der Waals surface area contributed by atoms with Crippen LogP contribution in [0, 0.1) is 0 Å². The maximum Gasteiger partial charge on any atom is 0.245 e. The molecule has 1 saturated heterocycles. The summed E-state index contributed by atoms with van der Waals surface area (Å²) in [4.78, 5) is 22.9. The molecular formula is C18H19N7O. The monoisotopic (exact) mass is 349 g/mol. The van der Waals surface area contributed by atoms with E-state index in [0.29, 0.717) is 36.8 Å². The first-order valence-corrected chi connectivity index (χ1v) is 8.42. The lowest BCUT2D eigenvalue weighted by Crippen LogP contribution is -2.33. The van der Waals surface area contributed by atoms with Crippen molar-refractivity contribution in [2.24, 2.45) is 0 Å². The highest BCUT2D eigenvalue weighted by Gasteiger charge is 2.32. The molecule has 26 heavy (non-hydrogen) atoms. The van der Waals surface area contributed by atoms with Crippen molar-refractivity contribution in [1.29, 1.82) is 0 Å². The predicted octanol–water partition coefficient (Wildman–Crippen LogP) is 1.46. The van der Waals surface area contributed by atoms with E-state index < -0.39 is 0 Å². The van der Waals surface area contributed by atoms with Gasteiger partial charge in [-0.05, 0) is 18.1 Å². The summed E-state index contributed by atoms with van der Waals surface area (Å²) in [5.41, 5.74) is 7.66. The molecule has 1 aliphatic rings. The van der Waals surface area contributed by atoms with Crippen molar-refractivity contribution in [3.63, 3.8) is 0 Å². The predicted molar refractivity (Wildman–Crippen MR) is 97.5 cm³/mol. The van der Waals surface area contributed by atoms with Gasteiger partial charge in [-0.3, -0.25) is 4.79 Å². The minimum atomic E-state index is -0.346. The van der Waals surface area contributed by atoms with Gasteiger partial charge in [-0.15, -0.1) is 0 Å². The number of aromatic nitrogens is 4. The van der Waals surface area contributed by atoms with Crippen molar-refractivity contribution >= 4 is 17.4 Å². The van der Waals surface area contributed by atoms with E-state index in [4.69, 9.17) is 5.73 Å². The Balaban J connectivity index is 1.48. The van der Waals surface area contributed by atoms with Crippen molar-refractivity contribution in [2.45, 2.75) is 19.0 Å². The second-order valence-electron chi connectivity index (χ2n) is 6.14. The topological polar surface area (TPSA) is 102 Å². The van der Waals surface area contributed by atoms with Crippen LogP contribution < -0.4 is 11.1 Å². The summed E-state index contributed by atoms with van der Waals surface area (Å²) in [6.07, 6.45) is 5.52. The number of carbonyl (C=O) groups excluding carboxylic acids is 1. The van der Waals surface area contributed by atoms with E-state index in [1.807, 2.05) is 35.2 Å². The number of carbonyl (C=O) groups is 1. The third-order valence-electron chi connectivity index (χ3n) is 4.41. The van der Waals surface area contributed by atoms with Crippen LogP contribution in [0.5, 0.6) is 0 Å². The largest absolute Gasteiger partial charge is 0.393 e. The number of anilines is 2. The molecule has 1 aliphatic heterocycles. The zero-order chi connectivity index (χ0) is 17.9. The van der Waals surface area contributed by atoms with Crippen LogP contribution in [0.25, 0.3) is 5.82 Å². The molecule has 4 rings (SSSR count). The van der Waals surface area contributed by atoms with Crippen LogP contribution in [-0.2, 0) is 11.3 Å². The molecule has 3 heterocycles. The van der Waals surface area contributed by atoms with Gasteiger partial charge >= 0.3 is 0 Å². The second-order valence-corrected chi connectivity index (χ2v) is 6.14. The van der Waals surface area contributed by atoms with E-state index in [2.05, 4.69) is 20.4 Å². The molecule has 0 saturated carbocycles. The number of nitrogens with two attached hydrogens (primary N) is 1. The molecule has 132 valence electrons. The molecule has 0 radical (unpaired) electrons. The summed E-state index contributed by atoms with van der Waals surface area (Å²) in [7, 11) is 0. The summed E-state index contributed by atoms with van der Waals surface area (Å²) in [5.74, 6) is 0.983. The quantitative estimate of drug-likeness (QED) is 0.723. The highest BCUT2D eigenvalue weighted by atomic mass is 16.2. The maximum absolute atomic E-state index is 12.7. The number of hydrogen-bond donors (Lipinski definition) is 2. The summed E-state index contributed by atoms with van der Waals surface area (Å²) < 4.78 is 1.57. The number of rotatable bonds is 5. The Hall–Kier alpha value is -3.42. The van der Waals surface area contributed by atoms with Crippen LogP contribution in [0.2, 0.25) is 0 Å². The lowest BCUT2D eigenvalue weighted by Gasteiger charge is -2.18. The van der Waals surface area contributed by atoms with Crippen molar-refractivity contribution < 1.29 is 4.79 Å². The normalized spacial score (nSPS) is 16.8.